The molecular weight excluding hydrogens is 268 g/mol. The van der Waals surface area contributed by atoms with Crippen LogP contribution in [-0.4, -0.2) is 44.7 Å². The summed E-state index contributed by atoms with van der Waals surface area (Å²) in [6.45, 7) is 5.18. The molecule has 1 aromatic carbocycles. The van der Waals surface area contributed by atoms with Crippen molar-refractivity contribution in [1.29, 1.82) is 0 Å². The number of hydrogen-bond acceptors (Lipinski definition) is 5. The highest BCUT2D eigenvalue weighted by atomic mass is 16.7. The van der Waals surface area contributed by atoms with Gasteiger partial charge in [0.2, 0.25) is 6.79 Å². The first-order valence-corrected chi connectivity index (χ1v) is 7.81. The number of unbranched alkanes of at least 4 members (excludes halogenated alkanes) is 2. The van der Waals surface area contributed by atoms with Gasteiger partial charge in [0, 0.05) is 32.8 Å². The van der Waals surface area contributed by atoms with Gasteiger partial charge in [-0.25, -0.2) is 0 Å². The lowest BCUT2D eigenvalue weighted by Gasteiger charge is -2.11. The van der Waals surface area contributed by atoms with E-state index in [0.29, 0.717) is 13.4 Å². The Kier molecular flexibility index (Phi) is 7.35. The SMILES string of the molecule is C1CNCCN1.OCCCCCc1ccc2c(c1)OCO2. The van der Waals surface area contributed by atoms with Crippen LogP contribution in [0, 0.1) is 0 Å². The highest BCUT2D eigenvalue weighted by Crippen LogP contribution is 2.32. The molecule has 118 valence electrons. The lowest BCUT2D eigenvalue weighted by molar-refractivity contribution is 0.174. The average Bonchev–Trinajstić information content (AvgIpc) is 3.01. The van der Waals surface area contributed by atoms with E-state index in [4.69, 9.17) is 14.6 Å². The molecule has 5 heteroatoms. The lowest BCUT2D eigenvalue weighted by atomic mass is 10.1. The molecule has 0 aromatic heterocycles. The van der Waals surface area contributed by atoms with E-state index in [9.17, 15) is 0 Å². The van der Waals surface area contributed by atoms with E-state index in [1.54, 1.807) is 0 Å². The Morgan fingerprint density at radius 2 is 1.62 bits per heavy atom. The average molecular weight is 294 g/mol. The summed E-state index contributed by atoms with van der Waals surface area (Å²) in [4.78, 5) is 0. The maximum Gasteiger partial charge on any atom is 0.231 e. The third-order valence-electron chi connectivity index (χ3n) is 3.52. The van der Waals surface area contributed by atoms with Gasteiger partial charge in [-0.3, -0.25) is 0 Å². The predicted octanol–water partition coefficient (Wildman–Crippen LogP) is 1.30. The molecule has 2 aliphatic heterocycles. The van der Waals surface area contributed by atoms with Crippen LogP contribution in [0.25, 0.3) is 0 Å². The molecular formula is C16H26N2O3. The number of hydrogen-bond donors (Lipinski definition) is 3. The summed E-state index contributed by atoms with van der Waals surface area (Å²) in [5, 5.41) is 15.1. The third kappa shape index (κ3) is 5.91. The summed E-state index contributed by atoms with van der Waals surface area (Å²) in [5.74, 6) is 1.70. The van der Waals surface area contributed by atoms with Crippen molar-refractivity contribution in [3.05, 3.63) is 23.8 Å². The van der Waals surface area contributed by atoms with Crippen molar-refractivity contribution in [2.24, 2.45) is 0 Å². The number of aryl methyl sites for hydroxylation is 1. The molecule has 0 unspecified atom stereocenters. The van der Waals surface area contributed by atoms with Crippen LogP contribution in [0.2, 0.25) is 0 Å². The molecule has 1 saturated heterocycles. The summed E-state index contributed by atoms with van der Waals surface area (Å²) >= 11 is 0. The molecule has 2 heterocycles. The van der Waals surface area contributed by atoms with E-state index in [2.05, 4.69) is 16.7 Å². The summed E-state index contributed by atoms with van der Waals surface area (Å²) in [6.07, 6.45) is 4.12. The molecule has 5 nitrogen and oxygen atoms in total. The van der Waals surface area contributed by atoms with Gasteiger partial charge in [0.1, 0.15) is 0 Å². The first-order chi connectivity index (χ1) is 10.4. The monoisotopic (exact) mass is 294 g/mol. The van der Waals surface area contributed by atoms with E-state index in [-0.39, 0.29) is 0 Å². The summed E-state index contributed by atoms with van der Waals surface area (Å²) in [7, 11) is 0. The minimum atomic E-state index is 0.293. The van der Waals surface area contributed by atoms with Crippen LogP contribution in [0.3, 0.4) is 0 Å². The minimum absolute atomic E-state index is 0.293. The molecule has 0 atom stereocenters. The highest BCUT2D eigenvalue weighted by Gasteiger charge is 2.12. The Hall–Kier alpha value is -1.30. The molecule has 0 amide bonds. The highest BCUT2D eigenvalue weighted by molar-refractivity contribution is 5.44. The fraction of sp³-hybridized carbons (Fsp3) is 0.625. The largest absolute Gasteiger partial charge is 0.454 e. The Morgan fingerprint density at radius 1 is 0.905 bits per heavy atom. The molecule has 0 bridgehead atoms. The van der Waals surface area contributed by atoms with Gasteiger partial charge in [-0.05, 0) is 37.0 Å². The molecule has 3 rings (SSSR count). The first kappa shape index (κ1) is 16.1. The molecule has 1 fully saturated rings. The number of nitrogens with one attached hydrogen (secondary N) is 2. The number of rotatable bonds is 5. The van der Waals surface area contributed by atoms with E-state index in [1.165, 1.54) is 5.56 Å². The molecule has 21 heavy (non-hydrogen) atoms. The Bertz CT molecular complexity index is 397. The zero-order chi connectivity index (χ0) is 14.8. The summed E-state index contributed by atoms with van der Waals surface area (Å²) in [5.41, 5.74) is 1.28. The van der Waals surface area contributed by atoms with Crippen molar-refractivity contribution in [1.82, 2.24) is 10.6 Å². The molecule has 0 aliphatic carbocycles. The van der Waals surface area contributed by atoms with Gasteiger partial charge in [0.05, 0.1) is 0 Å². The van der Waals surface area contributed by atoms with Crippen LogP contribution in [0.5, 0.6) is 11.5 Å². The van der Waals surface area contributed by atoms with Gasteiger partial charge >= 0.3 is 0 Å². The van der Waals surface area contributed by atoms with Crippen molar-refractivity contribution in [2.45, 2.75) is 25.7 Å². The van der Waals surface area contributed by atoms with Crippen LogP contribution in [0.1, 0.15) is 24.8 Å². The topological polar surface area (TPSA) is 62.8 Å². The second-order valence-electron chi connectivity index (χ2n) is 5.22. The Morgan fingerprint density at radius 3 is 2.29 bits per heavy atom. The first-order valence-electron chi connectivity index (χ1n) is 7.81. The second kappa shape index (κ2) is 9.60. The fourth-order valence-electron chi connectivity index (χ4n) is 2.32. The summed E-state index contributed by atoms with van der Waals surface area (Å²) in [6, 6.07) is 6.08. The molecule has 0 saturated carbocycles. The number of benzene rings is 1. The van der Waals surface area contributed by atoms with Crippen LogP contribution in [-0.2, 0) is 6.42 Å². The number of ether oxygens (including phenoxy) is 2. The van der Waals surface area contributed by atoms with Gasteiger partial charge in [0.25, 0.3) is 0 Å². The number of fused-ring (bicyclic) bond motifs is 1. The van der Waals surface area contributed by atoms with Crippen molar-refractivity contribution in [3.63, 3.8) is 0 Å². The Balaban J connectivity index is 0.000000225. The van der Waals surface area contributed by atoms with Crippen molar-refractivity contribution in [2.75, 3.05) is 39.6 Å². The molecule has 2 aliphatic rings. The van der Waals surface area contributed by atoms with Crippen LogP contribution < -0.4 is 20.1 Å². The lowest BCUT2D eigenvalue weighted by Crippen LogP contribution is -2.39. The number of aliphatic hydroxyl groups is 1. The van der Waals surface area contributed by atoms with Gasteiger partial charge in [-0.2, -0.15) is 0 Å². The van der Waals surface area contributed by atoms with Gasteiger partial charge in [0.15, 0.2) is 11.5 Å². The second-order valence-corrected chi connectivity index (χ2v) is 5.22. The fourth-order valence-corrected chi connectivity index (χ4v) is 2.32. The van der Waals surface area contributed by atoms with Gasteiger partial charge < -0.3 is 25.2 Å². The smallest absolute Gasteiger partial charge is 0.231 e. The van der Waals surface area contributed by atoms with Gasteiger partial charge in [-0.1, -0.05) is 12.5 Å². The van der Waals surface area contributed by atoms with Crippen molar-refractivity contribution < 1.29 is 14.6 Å². The maximum absolute atomic E-state index is 8.65. The standard InChI is InChI=1S/C12H16O3.C4H10N2/c13-7-3-1-2-4-10-5-6-11-12(8-10)15-9-14-11;1-2-6-4-3-5-1/h5-6,8,13H,1-4,7,9H2;5-6H,1-4H2. The van der Waals surface area contributed by atoms with Crippen LogP contribution >= 0.6 is 0 Å². The molecule has 1 aromatic rings. The predicted molar refractivity (Wildman–Crippen MR) is 82.9 cm³/mol. The van der Waals surface area contributed by atoms with Crippen LogP contribution in [0.4, 0.5) is 0 Å². The maximum atomic E-state index is 8.65. The third-order valence-corrected chi connectivity index (χ3v) is 3.52. The molecule has 3 N–H and O–H groups in total. The Labute approximate surface area is 126 Å². The normalized spacial score (nSPS) is 16.2. The van der Waals surface area contributed by atoms with E-state index < -0.39 is 0 Å². The van der Waals surface area contributed by atoms with Crippen molar-refractivity contribution >= 4 is 0 Å². The zero-order valence-corrected chi connectivity index (χ0v) is 12.6. The molecule has 0 radical (unpaired) electrons. The number of aliphatic hydroxyl groups excluding tert-OH is 1. The molecule has 0 spiro atoms. The summed E-state index contributed by atoms with van der Waals surface area (Å²) < 4.78 is 10.5. The van der Waals surface area contributed by atoms with Gasteiger partial charge in [-0.15, -0.1) is 0 Å². The zero-order valence-electron chi connectivity index (χ0n) is 12.6. The minimum Gasteiger partial charge on any atom is -0.454 e. The number of piperazine rings is 1. The van der Waals surface area contributed by atoms with E-state index in [1.807, 2.05) is 12.1 Å². The van der Waals surface area contributed by atoms with Crippen molar-refractivity contribution in [3.8, 4) is 11.5 Å². The van der Waals surface area contributed by atoms with E-state index >= 15 is 0 Å². The van der Waals surface area contributed by atoms with E-state index in [0.717, 1.165) is 63.4 Å². The quantitative estimate of drug-likeness (QED) is 0.715. The van der Waals surface area contributed by atoms with Crippen LogP contribution in [0.15, 0.2) is 18.2 Å².